The van der Waals surface area contributed by atoms with Crippen LogP contribution in [0.15, 0.2) is 6.07 Å². The fourth-order valence-electron chi connectivity index (χ4n) is 2.01. The molecule has 24 heavy (non-hydrogen) atoms. The number of nitrogens with one attached hydrogen (secondary N) is 2. The van der Waals surface area contributed by atoms with Gasteiger partial charge in [-0.25, -0.2) is 9.18 Å². The fourth-order valence-corrected chi connectivity index (χ4v) is 2.01. The molecule has 0 saturated carbocycles. The molecule has 0 unspecified atom stereocenters. The van der Waals surface area contributed by atoms with Crippen molar-refractivity contribution in [3.63, 3.8) is 0 Å². The van der Waals surface area contributed by atoms with Gasteiger partial charge in [0, 0.05) is 18.0 Å². The highest BCUT2D eigenvalue weighted by atomic mass is 19.1. The van der Waals surface area contributed by atoms with E-state index < -0.39 is 34.9 Å². The molecule has 0 aliphatic heterocycles. The third-order valence-corrected chi connectivity index (χ3v) is 3.20. The summed E-state index contributed by atoms with van der Waals surface area (Å²) in [5.41, 5.74) is -1.06. The maximum atomic E-state index is 14.1. The molecule has 0 atom stereocenters. The van der Waals surface area contributed by atoms with Crippen molar-refractivity contribution in [2.24, 2.45) is 0 Å². The normalized spacial score (nSPS) is 10.9. The van der Waals surface area contributed by atoms with Crippen molar-refractivity contribution >= 4 is 17.7 Å². The number of halogens is 2. The van der Waals surface area contributed by atoms with Gasteiger partial charge in [0.1, 0.15) is 0 Å². The van der Waals surface area contributed by atoms with Gasteiger partial charge >= 0.3 is 12.0 Å². The molecular weight excluding hydrogens is 326 g/mol. The summed E-state index contributed by atoms with van der Waals surface area (Å²) in [6.07, 6.45) is 0.0423. The Morgan fingerprint density at radius 3 is 2.29 bits per heavy atom. The highest BCUT2D eigenvalue weighted by Gasteiger charge is 2.24. The van der Waals surface area contributed by atoms with Crippen LogP contribution in [0, 0.1) is 11.6 Å². The van der Waals surface area contributed by atoms with E-state index in [-0.39, 0.29) is 24.3 Å². The highest BCUT2D eigenvalue weighted by Crippen LogP contribution is 2.36. The van der Waals surface area contributed by atoms with Crippen molar-refractivity contribution in [3.8, 4) is 11.5 Å². The van der Waals surface area contributed by atoms with Crippen LogP contribution < -0.4 is 20.1 Å². The minimum absolute atomic E-state index is 0.137. The fraction of sp³-hybridized carbons (Fsp3) is 0.467. The second-order valence-corrected chi connectivity index (χ2v) is 5.64. The van der Waals surface area contributed by atoms with Crippen molar-refractivity contribution in [2.45, 2.75) is 32.2 Å². The number of anilines is 1. The van der Waals surface area contributed by atoms with E-state index in [1.807, 2.05) is 0 Å². The molecule has 0 fully saturated rings. The van der Waals surface area contributed by atoms with Crippen molar-refractivity contribution in [1.82, 2.24) is 5.32 Å². The van der Waals surface area contributed by atoms with Crippen LogP contribution in [-0.2, 0) is 4.79 Å². The van der Waals surface area contributed by atoms with Gasteiger partial charge in [-0.2, -0.15) is 4.39 Å². The average molecular weight is 346 g/mol. The van der Waals surface area contributed by atoms with Gasteiger partial charge in [0.15, 0.2) is 17.3 Å². The number of carbonyl (C=O) groups is 2. The molecule has 0 bridgehead atoms. The third-order valence-electron chi connectivity index (χ3n) is 3.20. The zero-order valence-corrected chi connectivity index (χ0v) is 13.8. The Morgan fingerprint density at radius 2 is 1.79 bits per heavy atom. The number of hydrogen-bond acceptors (Lipinski definition) is 4. The van der Waals surface area contributed by atoms with E-state index in [1.165, 1.54) is 0 Å². The maximum Gasteiger partial charge on any atom is 0.319 e. The van der Waals surface area contributed by atoms with Crippen LogP contribution in [0.4, 0.5) is 19.3 Å². The number of carboxylic acids is 1. The summed E-state index contributed by atoms with van der Waals surface area (Å²) >= 11 is 0. The Hall–Kier alpha value is -2.58. The Labute approximate surface area is 137 Å². The monoisotopic (exact) mass is 346 g/mol. The number of methoxy groups -OCH3 is 2. The molecule has 9 heteroatoms. The Morgan fingerprint density at radius 1 is 1.21 bits per heavy atom. The molecule has 134 valence electrons. The molecule has 0 saturated heterocycles. The van der Waals surface area contributed by atoms with Crippen LogP contribution in [-0.4, -0.2) is 36.9 Å². The van der Waals surface area contributed by atoms with Crippen molar-refractivity contribution in [1.29, 1.82) is 0 Å². The van der Waals surface area contributed by atoms with Gasteiger partial charge in [-0.3, -0.25) is 4.79 Å². The molecule has 3 N–H and O–H groups in total. The number of ether oxygens (including phenoxy) is 2. The highest BCUT2D eigenvalue weighted by molar-refractivity contribution is 5.91. The number of amides is 2. The first-order valence-corrected chi connectivity index (χ1v) is 7.02. The molecule has 1 aromatic rings. The molecule has 0 radical (unpaired) electrons. The average Bonchev–Trinajstić information content (AvgIpc) is 2.45. The maximum absolute atomic E-state index is 14.1. The van der Waals surface area contributed by atoms with E-state index in [0.29, 0.717) is 0 Å². The number of carboxylic acid groups (broad SMARTS) is 1. The zero-order chi connectivity index (χ0) is 18.5. The zero-order valence-electron chi connectivity index (χ0n) is 13.8. The van der Waals surface area contributed by atoms with Crippen molar-refractivity contribution in [2.75, 3.05) is 19.5 Å². The minimum Gasteiger partial charge on any atom is -0.491 e. The van der Waals surface area contributed by atoms with Crippen molar-refractivity contribution < 1.29 is 33.0 Å². The van der Waals surface area contributed by atoms with Crippen LogP contribution in [0.2, 0.25) is 0 Å². The lowest BCUT2D eigenvalue weighted by Crippen LogP contribution is -2.45. The first-order valence-electron chi connectivity index (χ1n) is 7.02. The van der Waals surface area contributed by atoms with Gasteiger partial charge in [-0.15, -0.1) is 0 Å². The summed E-state index contributed by atoms with van der Waals surface area (Å²) < 4.78 is 37.3. The molecule has 7 nitrogen and oxygen atoms in total. The third kappa shape index (κ3) is 4.97. The summed E-state index contributed by atoms with van der Waals surface area (Å²) in [6, 6.07) is 0.109. The molecular formula is C15H20F2N2O5. The summed E-state index contributed by atoms with van der Waals surface area (Å²) in [6.45, 7) is 3.25. The number of benzene rings is 1. The number of carbonyl (C=O) groups excluding carboxylic acids is 1. The van der Waals surface area contributed by atoms with Crippen molar-refractivity contribution in [3.05, 3.63) is 17.7 Å². The van der Waals surface area contributed by atoms with Gasteiger partial charge in [0.25, 0.3) is 0 Å². The van der Waals surface area contributed by atoms with Crippen LogP contribution in [0.5, 0.6) is 11.5 Å². The van der Waals surface area contributed by atoms with Crippen LogP contribution in [0.3, 0.4) is 0 Å². The van der Waals surface area contributed by atoms with Gasteiger partial charge < -0.3 is 25.2 Å². The van der Waals surface area contributed by atoms with Gasteiger partial charge in [-0.05, 0) is 20.3 Å². The lowest BCUT2D eigenvalue weighted by Gasteiger charge is -2.26. The SMILES string of the molecule is COc1c(F)cc(NC(=O)NC(C)(C)CCC(=O)O)c(OC)c1F. The predicted molar refractivity (Wildman–Crippen MR) is 82.6 cm³/mol. The molecule has 1 rings (SSSR count). The molecule has 0 heterocycles. The molecule has 2 amide bonds. The first kappa shape index (κ1) is 19.5. The lowest BCUT2D eigenvalue weighted by atomic mass is 9.99. The molecule has 1 aromatic carbocycles. The standard InChI is InChI=1S/C15H20F2N2O5/c1-15(2,6-5-10(20)21)19-14(22)18-9-7-8(16)12(23-3)11(17)13(9)24-4/h7H,5-6H2,1-4H3,(H,20,21)(H2,18,19,22). The minimum atomic E-state index is -1.08. The van der Waals surface area contributed by atoms with E-state index in [4.69, 9.17) is 9.84 Å². The Kier molecular flexibility index (Phi) is 6.33. The van der Waals surface area contributed by atoms with E-state index in [2.05, 4.69) is 15.4 Å². The molecule has 0 aromatic heterocycles. The van der Waals surface area contributed by atoms with Crippen LogP contribution in [0.1, 0.15) is 26.7 Å². The largest absolute Gasteiger partial charge is 0.491 e. The van der Waals surface area contributed by atoms with Crippen LogP contribution in [0.25, 0.3) is 0 Å². The number of aliphatic carboxylic acids is 1. The van der Waals surface area contributed by atoms with E-state index in [9.17, 15) is 18.4 Å². The number of hydrogen-bond donors (Lipinski definition) is 3. The predicted octanol–water partition coefficient (Wildman–Crippen LogP) is 2.75. The molecule has 0 aliphatic carbocycles. The Balaban J connectivity index is 2.93. The van der Waals surface area contributed by atoms with Crippen LogP contribution >= 0.6 is 0 Å². The van der Waals surface area contributed by atoms with E-state index >= 15 is 0 Å². The first-order chi connectivity index (χ1) is 11.1. The van der Waals surface area contributed by atoms with Gasteiger partial charge in [-0.1, -0.05) is 0 Å². The summed E-state index contributed by atoms with van der Waals surface area (Å²) in [5, 5.41) is 13.5. The summed E-state index contributed by atoms with van der Waals surface area (Å²) in [4.78, 5) is 22.6. The topological polar surface area (TPSA) is 96.9 Å². The molecule has 0 spiro atoms. The number of urea groups is 1. The summed E-state index contributed by atoms with van der Waals surface area (Å²) in [7, 11) is 2.27. The van der Waals surface area contributed by atoms with Gasteiger partial charge in [0.05, 0.1) is 19.9 Å². The Bertz CT molecular complexity index is 635. The summed E-state index contributed by atoms with van der Waals surface area (Å²) in [5.74, 6) is -4.09. The second-order valence-electron chi connectivity index (χ2n) is 5.64. The molecule has 0 aliphatic rings. The quantitative estimate of drug-likeness (QED) is 0.705. The smallest absolute Gasteiger partial charge is 0.319 e. The van der Waals surface area contributed by atoms with Gasteiger partial charge in [0.2, 0.25) is 5.82 Å². The lowest BCUT2D eigenvalue weighted by molar-refractivity contribution is -0.137. The number of rotatable bonds is 7. The second kappa shape index (κ2) is 7.80. The van der Waals surface area contributed by atoms with E-state index in [1.54, 1.807) is 13.8 Å². The van der Waals surface area contributed by atoms with E-state index in [0.717, 1.165) is 20.3 Å².